The van der Waals surface area contributed by atoms with Crippen LogP contribution in [0.1, 0.15) is 31.5 Å². The topological polar surface area (TPSA) is 102 Å². The Balaban J connectivity index is 1.63. The van der Waals surface area contributed by atoms with Crippen molar-refractivity contribution in [2.24, 2.45) is 10.4 Å². The molecule has 0 bridgehead atoms. The summed E-state index contributed by atoms with van der Waals surface area (Å²) in [4.78, 5) is 17.9. The third-order valence-electron chi connectivity index (χ3n) is 7.79. The van der Waals surface area contributed by atoms with Crippen molar-refractivity contribution in [3.05, 3.63) is 88.9 Å². The number of aliphatic imine (C=N–C) groups is 1. The molecule has 1 atom stereocenters. The number of rotatable bonds is 8. The quantitative estimate of drug-likeness (QED) is 0.155. The van der Waals surface area contributed by atoms with Gasteiger partial charge in [-0.3, -0.25) is 14.5 Å². The van der Waals surface area contributed by atoms with Gasteiger partial charge in [0.1, 0.15) is 16.4 Å². The van der Waals surface area contributed by atoms with Crippen LogP contribution >= 0.6 is 0 Å². The van der Waals surface area contributed by atoms with Crippen LogP contribution in [0.5, 0.6) is 0 Å². The Kier molecular flexibility index (Phi) is 7.86. The van der Waals surface area contributed by atoms with Gasteiger partial charge in [0.2, 0.25) is 10.0 Å². The number of hydrogen-bond donors (Lipinski definition) is 0. The van der Waals surface area contributed by atoms with Crippen LogP contribution in [0.25, 0.3) is 11.8 Å². The molecular formula is C29H28F4N6O3S. The summed E-state index contributed by atoms with van der Waals surface area (Å²) in [6, 6.07) is 5.64. The zero-order valence-electron chi connectivity index (χ0n) is 23.3. The van der Waals surface area contributed by atoms with E-state index in [0.29, 0.717) is 35.1 Å². The number of halogens is 4. The maximum atomic E-state index is 14.3. The van der Waals surface area contributed by atoms with Crippen molar-refractivity contribution in [3.63, 3.8) is 0 Å². The van der Waals surface area contributed by atoms with Gasteiger partial charge < -0.3 is 0 Å². The van der Waals surface area contributed by atoms with E-state index in [1.165, 1.54) is 54.5 Å². The number of piperidine rings is 1. The lowest BCUT2D eigenvalue weighted by Crippen LogP contribution is -2.53. The highest BCUT2D eigenvalue weighted by molar-refractivity contribution is 7.89. The molecule has 0 saturated carbocycles. The number of aromatic nitrogens is 4. The van der Waals surface area contributed by atoms with Crippen LogP contribution in [0, 0.1) is 11.2 Å². The number of carbonyl (C=O) groups is 1. The smallest absolute Gasteiger partial charge is 0.291 e. The van der Waals surface area contributed by atoms with Crippen LogP contribution in [0.4, 0.5) is 17.6 Å². The Hall–Kier alpha value is -4.17. The van der Waals surface area contributed by atoms with Gasteiger partial charge in [0.15, 0.2) is 5.78 Å². The summed E-state index contributed by atoms with van der Waals surface area (Å²) in [5, 5.41) is 8.48. The molecule has 2 aromatic heterocycles. The molecule has 0 N–H and O–H groups in total. The van der Waals surface area contributed by atoms with Crippen molar-refractivity contribution in [2.75, 3.05) is 13.1 Å². The van der Waals surface area contributed by atoms with E-state index in [2.05, 4.69) is 21.9 Å². The molecule has 1 aliphatic carbocycles. The molecule has 1 saturated heterocycles. The number of hydrogen-bond acceptors (Lipinski definition) is 6. The third kappa shape index (κ3) is 5.40. The summed E-state index contributed by atoms with van der Waals surface area (Å²) in [5.41, 5.74) is -0.970. The molecule has 1 aliphatic heterocycles. The van der Waals surface area contributed by atoms with Crippen molar-refractivity contribution < 1.29 is 30.8 Å². The van der Waals surface area contributed by atoms with E-state index in [1.807, 2.05) is 0 Å². The normalized spacial score (nSPS) is 19.9. The Morgan fingerprint density at radius 2 is 1.91 bits per heavy atom. The highest BCUT2D eigenvalue weighted by Crippen LogP contribution is 2.47. The average molecular weight is 617 g/mol. The van der Waals surface area contributed by atoms with Crippen LogP contribution in [0.15, 0.2) is 81.7 Å². The number of nitrogens with zero attached hydrogens (tertiary/aromatic N) is 6. The van der Waals surface area contributed by atoms with Gasteiger partial charge in [-0.25, -0.2) is 17.5 Å². The van der Waals surface area contributed by atoms with Gasteiger partial charge in [0, 0.05) is 25.8 Å². The van der Waals surface area contributed by atoms with Gasteiger partial charge >= 0.3 is 6.18 Å². The standard InChI is InChI=1S/C29H28F4N6O3S/c1-4-20(29(31,32)33)12-25(34-3)27(40)28-14-19-15-36-39(23-8-6-22(30)7-9-23)26(19)13-21(28)10-11-38(18-28)43(41,42)24-16-35-37(5-2)17-24/h4,6-9,12-13,15-17H,3,5,10-11,14,18H2,1-2H3/b20-4+,25-12-/t28-/m0/s1. The summed E-state index contributed by atoms with van der Waals surface area (Å²) < 4.78 is 86.1. The zero-order valence-corrected chi connectivity index (χ0v) is 24.2. The molecule has 0 radical (unpaired) electrons. The SMILES string of the molecule is C=N/C(=C\C(=C/C)C(F)(F)F)C(=O)[C@]12Cc3cnn(-c4ccc(F)cc4)c3C=C1CCN(S(=O)(=O)c1cnn(CC)c1)C2. The molecule has 1 fully saturated rings. The molecule has 0 spiro atoms. The first-order chi connectivity index (χ1) is 20.3. The second kappa shape index (κ2) is 11.2. The van der Waals surface area contributed by atoms with Crippen LogP contribution in [-0.2, 0) is 27.8 Å². The van der Waals surface area contributed by atoms with Crippen LogP contribution in [0.3, 0.4) is 0 Å². The average Bonchev–Trinajstić information content (AvgIpc) is 3.63. The lowest BCUT2D eigenvalue weighted by atomic mass is 9.65. The van der Waals surface area contributed by atoms with E-state index in [0.717, 1.165) is 10.4 Å². The molecule has 3 aromatic rings. The number of aryl methyl sites for hydroxylation is 1. The lowest BCUT2D eigenvalue weighted by Gasteiger charge is -2.44. The number of alkyl halides is 3. The van der Waals surface area contributed by atoms with Crippen molar-refractivity contribution in [3.8, 4) is 5.69 Å². The van der Waals surface area contributed by atoms with Gasteiger partial charge in [-0.2, -0.15) is 27.7 Å². The number of sulfonamides is 1. The zero-order chi connectivity index (χ0) is 31.2. The van der Waals surface area contributed by atoms with Crippen LogP contribution in [-0.4, -0.2) is 64.1 Å². The van der Waals surface area contributed by atoms with E-state index < -0.39 is 44.5 Å². The molecule has 0 amide bonds. The minimum Gasteiger partial charge on any atom is -0.291 e. The van der Waals surface area contributed by atoms with Gasteiger partial charge in [-0.15, -0.1) is 0 Å². The number of Topliss-reactive ketones (excluding diaryl/α,β-unsaturated/α-hetero) is 1. The second-order valence-electron chi connectivity index (χ2n) is 10.3. The molecule has 5 rings (SSSR count). The van der Waals surface area contributed by atoms with E-state index in [-0.39, 0.29) is 30.8 Å². The van der Waals surface area contributed by atoms with E-state index in [1.54, 1.807) is 17.7 Å². The number of allylic oxidation sites excluding steroid dienone is 4. The lowest BCUT2D eigenvalue weighted by molar-refractivity contribution is -0.124. The minimum absolute atomic E-state index is 0.0176. The van der Waals surface area contributed by atoms with Gasteiger partial charge in [-0.1, -0.05) is 11.6 Å². The largest absolute Gasteiger partial charge is 0.416 e. The Labute approximate surface area is 245 Å². The Bertz CT molecular complexity index is 1780. The maximum absolute atomic E-state index is 14.3. The molecule has 226 valence electrons. The van der Waals surface area contributed by atoms with E-state index in [4.69, 9.17) is 0 Å². The third-order valence-corrected chi connectivity index (χ3v) is 9.59. The summed E-state index contributed by atoms with van der Waals surface area (Å²) >= 11 is 0. The molecule has 3 heterocycles. The Morgan fingerprint density at radius 1 is 1.19 bits per heavy atom. The predicted molar refractivity (Wildman–Crippen MR) is 151 cm³/mol. The minimum atomic E-state index is -4.75. The molecular weight excluding hydrogens is 588 g/mol. The fourth-order valence-electron chi connectivity index (χ4n) is 5.51. The van der Waals surface area contributed by atoms with Gasteiger partial charge in [-0.05, 0) is 75.4 Å². The van der Waals surface area contributed by atoms with Crippen molar-refractivity contribution in [2.45, 2.75) is 44.3 Å². The van der Waals surface area contributed by atoms with E-state index >= 15 is 0 Å². The van der Waals surface area contributed by atoms with Crippen LogP contribution in [0.2, 0.25) is 0 Å². The number of carbonyl (C=O) groups excluding carboxylic acids is 1. The van der Waals surface area contributed by atoms with Crippen molar-refractivity contribution in [1.82, 2.24) is 23.9 Å². The molecule has 1 aromatic carbocycles. The highest BCUT2D eigenvalue weighted by atomic mass is 32.2. The first-order valence-corrected chi connectivity index (χ1v) is 14.8. The molecule has 14 heteroatoms. The number of ketones is 1. The van der Waals surface area contributed by atoms with Crippen molar-refractivity contribution >= 4 is 28.6 Å². The van der Waals surface area contributed by atoms with Crippen LogP contribution < -0.4 is 0 Å². The fourth-order valence-corrected chi connectivity index (χ4v) is 6.97. The molecule has 0 unspecified atom stereocenters. The van der Waals surface area contributed by atoms with Gasteiger partial charge in [0.25, 0.3) is 0 Å². The first kappa shape index (κ1) is 30.3. The summed E-state index contributed by atoms with van der Waals surface area (Å²) in [7, 11) is -4.12. The maximum Gasteiger partial charge on any atom is 0.416 e. The summed E-state index contributed by atoms with van der Waals surface area (Å²) in [6.45, 7) is 6.47. The monoisotopic (exact) mass is 616 g/mol. The Morgan fingerprint density at radius 3 is 2.51 bits per heavy atom. The number of benzene rings is 1. The van der Waals surface area contributed by atoms with E-state index in [9.17, 15) is 30.8 Å². The summed E-state index contributed by atoms with van der Waals surface area (Å²) in [5.74, 6) is -1.22. The first-order valence-electron chi connectivity index (χ1n) is 13.4. The second-order valence-corrected chi connectivity index (χ2v) is 12.2. The van der Waals surface area contributed by atoms with Gasteiger partial charge in [0.05, 0.1) is 34.8 Å². The molecule has 9 nitrogen and oxygen atoms in total. The predicted octanol–water partition coefficient (Wildman–Crippen LogP) is 4.91. The molecule has 43 heavy (non-hydrogen) atoms. The summed E-state index contributed by atoms with van der Waals surface area (Å²) in [6.07, 6.45) is 2.60. The number of fused-ring (bicyclic) bond motifs is 2. The molecule has 2 aliphatic rings. The highest BCUT2D eigenvalue weighted by Gasteiger charge is 2.52. The fraction of sp³-hybridized carbons (Fsp3) is 0.310. The van der Waals surface area contributed by atoms with Crippen molar-refractivity contribution in [1.29, 1.82) is 0 Å².